The van der Waals surface area contributed by atoms with Crippen LogP contribution in [-0.4, -0.2) is 35.6 Å². The van der Waals surface area contributed by atoms with E-state index in [9.17, 15) is 14.0 Å². The molecule has 0 unspecified atom stereocenters. The van der Waals surface area contributed by atoms with Gasteiger partial charge in [0.25, 0.3) is 5.91 Å². The number of carbonyl (C=O) groups excluding carboxylic acids is 2. The van der Waals surface area contributed by atoms with E-state index < -0.39 is 17.9 Å². The molecule has 2 amide bonds. The number of fused-ring (bicyclic) bond motifs is 1. The van der Waals surface area contributed by atoms with Crippen LogP contribution in [0.5, 0.6) is 5.75 Å². The molecule has 1 saturated heterocycles. The number of halogens is 1. The van der Waals surface area contributed by atoms with E-state index in [2.05, 4.69) is 5.16 Å². The Morgan fingerprint density at radius 3 is 2.42 bits per heavy atom. The summed E-state index contributed by atoms with van der Waals surface area (Å²) < 4.78 is 18.2. The summed E-state index contributed by atoms with van der Waals surface area (Å²) in [4.78, 5) is 31.8. The predicted molar refractivity (Wildman–Crippen MR) is 89.9 cm³/mol. The van der Waals surface area contributed by atoms with Crippen LogP contribution in [0.25, 0.3) is 0 Å². The zero-order valence-corrected chi connectivity index (χ0v) is 13.9. The van der Waals surface area contributed by atoms with Crippen LogP contribution in [0.1, 0.15) is 11.1 Å². The number of hydrogen-bond donors (Lipinski definition) is 0. The molecule has 2 aliphatic heterocycles. The third kappa shape index (κ3) is 2.61. The second-order valence-electron chi connectivity index (χ2n) is 6.10. The number of imide groups is 1. The highest BCUT2D eigenvalue weighted by molar-refractivity contribution is 6.23. The molecule has 2 aliphatic rings. The Kier molecular flexibility index (Phi) is 3.91. The second kappa shape index (κ2) is 6.25. The zero-order chi connectivity index (χ0) is 18.3. The van der Waals surface area contributed by atoms with Gasteiger partial charge in [-0.25, -0.2) is 4.39 Å². The Bertz CT molecular complexity index is 893. The summed E-state index contributed by atoms with van der Waals surface area (Å²) >= 11 is 0. The number of nitrogens with zero attached hydrogens (tertiary/aromatic N) is 2. The monoisotopic (exact) mass is 354 g/mol. The Morgan fingerprint density at radius 1 is 1.08 bits per heavy atom. The minimum atomic E-state index is -0.958. The maximum atomic E-state index is 13.1. The van der Waals surface area contributed by atoms with Gasteiger partial charge in [-0.1, -0.05) is 29.4 Å². The van der Waals surface area contributed by atoms with Gasteiger partial charge in [-0.2, -0.15) is 0 Å². The minimum Gasteiger partial charge on any atom is -0.497 e. The largest absolute Gasteiger partial charge is 0.497 e. The molecule has 0 saturated carbocycles. The molecular formula is C19H15FN2O4. The molecule has 0 spiro atoms. The number of benzene rings is 2. The van der Waals surface area contributed by atoms with Crippen LogP contribution in [0.15, 0.2) is 53.7 Å². The molecule has 1 fully saturated rings. The SMILES string of the molecule is COc1ccc(CN2C(=O)[C@H]3C(c4ccc(F)cc4)=NO[C@H]3C2=O)cc1. The molecule has 2 aromatic rings. The van der Waals surface area contributed by atoms with Gasteiger partial charge in [0.2, 0.25) is 12.0 Å². The van der Waals surface area contributed by atoms with E-state index in [4.69, 9.17) is 9.57 Å². The molecule has 4 rings (SSSR count). The Balaban J connectivity index is 1.57. The van der Waals surface area contributed by atoms with E-state index in [0.29, 0.717) is 17.0 Å². The van der Waals surface area contributed by atoms with Crippen molar-refractivity contribution in [3.05, 3.63) is 65.5 Å². The third-order valence-corrected chi connectivity index (χ3v) is 4.54. The van der Waals surface area contributed by atoms with Crippen LogP contribution >= 0.6 is 0 Å². The van der Waals surface area contributed by atoms with Crippen molar-refractivity contribution in [2.45, 2.75) is 12.6 Å². The molecule has 0 radical (unpaired) electrons. The Labute approximate surface area is 148 Å². The molecule has 0 aromatic heterocycles. The number of amides is 2. The topological polar surface area (TPSA) is 68.2 Å². The van der Waals surface area contributed by atoms with Crippen molar-refractivity contribution in [1.29, 1.82) is 0 Å². The first-order chi connectivity index (χ1) is 12.6. The first kappa shape index (κ1) is 16.3. The molecule has 0 N–H and O–H groups in total. The molecular weight excluding hydrogens is 339 g/mol. The lowest BCUT2D eigenvalue weighted by Gasteiger charge is -2.15. The standard InChI is InChI=1S/C19H15FN2O4/c1-25-14-8-2-11(3-9-14)10-22-18(23)15-16(21-26-17(15)19(22)24)12-4-6-13(20)7-5-12/h2-9,15,17H,10H2,1H3/t15-,17+/m0/s1. The Hall–Kier alpha value is -3.22. The van der Waals surface area contributed by atoms with E-state index in [1.54, 1.807) is 31.4 Å². The zero-order valence-electron chi connectivity index (χ0n) is 13.9. The van der Waals surface area contributed by atoms with Crippen molar-refractivity contribution >= 4 is 17.5 Å². The highest BCUT2D eigenvalue weighted by Gasteiger charge is 2.55. The van der Waals surface area contributed by atoms with Crippen molar-refractivity contribution in [3.8, 4) is 5.75 Å². The van der Waals surface area contributed by atoms with Gasteiger partial charge in [0.1, 0.15) is 23.2 Å². The van der Waals surface area contributed by atoms with Crippen LogP contribution in [0.3, 0.4) is 0 Å². The maximum absolute atomic E-state index is 13.1. The quantitative estimate of drug-likeness (QED) is 0.789. The summed E-state index contributed by atoms with van der Waals surface area (Å²) in [5.74, 6) is -1.28. The second-order valence-corrected chi connectivity index (χ2v) is 6.10. The summed E-state index contributed by atoms with van der Waals surface area (Å²) in [5.41, 5.74) is 1.71. The van der Waals surface area contributed by atoms with E-state index in [1.807, 2.05) is 0 Å². The summed E-state index contributed by atoms with van der Waals surface area (Å²) in [7, 11) is 1.57. The first-order valence-electron chi connectivity index (χ1n) is 8.06. The molecule has 2 atom stereocenters. The van der Waals surface area contributed by atoms with Gasteiger partial charge in [0.15, 0.2) is 0 Å². The van der Waals surface area contributed by atoms with Crippen molar-refractivity contribution in [3.63, 3.8) is 0 Å². The van der Waals surface area contributed by atoms with Gasteiger partial charge in [-0.05, 0) is 29.8 Å². The molecule has 26 heavy (non-hydrogen) atoms. The highest BCUT2D eigenvalue weighted by Crippen LogP contribution is 2.33. The van der Waals surface area contributed by atoms with Crippen LogP contribution in [-0.2, 0) is 21.0 Å². The molecule has 2 aromatic carbocycles. The highest BCUT2D eigenvalue weighted by atomic mass is 19.1. The summed E-state index contributed by atoms with van der Waals surface area (Å²) in [6.07, 6.45) is -0.958. The summed E-state index contributed by atoms with van der Waals surface area (Å²) in [5, 5.41) is 3.89. The van der Waals surface area contributed by atoms with E-state index in [0.717, 1.165) is 5.56 Å². The number of ether oxygens (including phenoxy) is 1. The lowest BCUT2D eigenvalue weighted by Crippen LogP contribution is -2.32. The fraction of sp³-hybridized carbons (Fsp3) is 0.211. The van der Waals surface area contributed by atoms with E-state index in [1.165, 1.54) is 29.2 Å². The smallest absolute Gasteiger partial charge is 0.274 e. The van der Waals surface area contributed by atoms with Crippen molar-refractivity contribution < 1.29 is 23.6 Å². The van der Waals surface area contributed by atoms with Gasteiger partial charge in [0, 0.05) is 5.56 Å². The summed E-state index contributed by atoms with van der Waals surface area (Å²) in [6.45, 7) is 0.148. The fourth-order valence-corrected chi connectivity index (χ4v) is 3.16. The molecule has 6 nitrogen and oxygen atoms in total. The first-order valence-corrected chi connectivity index (χ1v) is 8.06. The average Bonchev–Trinajstić information content (AvgIpc) is 3.19. The predicted octanol–water partition coefficient (Wildman–Crippen LogP) is 2.12. The maximum Gasteiger partial charge on any atom is 0.274 e. The van der Waals surface area contributed by atoms with Crippen LogP contribution < -0.4 is 4.74 Å². The number of oxime groups is 1. The molecule has 0 bridgehead atoms. The lowest BCUT2D eigenvalue weighted by molar-refractivity contribution is -0.142. The van der Waals surface area contributed by atoms with Crippen molar-refractivity contribution in [2.75, 3.05) is 7.11 Å². The van der Waals surface area contributed by atoms with Gasteiger partial charge >= 0.3 is 0 Å². The van der Waals surface area contributed by atoms with Gasteiger partial charge < -0.3 is 9.57 Å². The molecule has 0 aliphatic carbocycles. The Morgan fingerprint density at radius 2 is 1.77 bits per heavy atom. The number of hydrogen-bond acceptors (Lipinski definition) is 5. The van der Waals surface area contributed by atoms with Gasteiger partial charge in [-0.15, -0.1) is 0 Å². The van der Waals surface area contributed by atoms with E-state index in [-0.39, 0.29) is 18.3 Å². The van der Waals surface area contributed by atoms with Crippen molar-refractivity contribution in [2.24, 2.45) is 11.1 Å². The normalized spacial score (nSPS) is 21.5. The van der Waals surface area contributed by atoms with Gasteiger partial charge in [0.05, 0.1) is 13.7 Å². The number of likely N-dealkylation sites (tertiary alicyclic amines) is 1. The van der Waals surface area contributed by atoms with Crippen LogP contribution in [0.4, 0.5) is 4.39 Å². The molecule has 2 heterocycles. The average molecular weight is 354 g/mol. The fourth-order valence-electron chi connectivity index (χ4n) is 3.16. The lowest BCUT2D eigenvalue weighted by atomic mass is 9.94. The van der Waals surface area contributed by atoms with Crippen LogP contribution in [0.2, 0.25) is 0 Å². The van der Waals surface area contributed by atoms with Crippen molar-refractivity contribution in [1.82, 2.24) is 4.90 Å². The van der Waals surface area contributed by atoms with E-state index >= 15 is 0 Å². The number of rotatable bonds is 4. The summed E-state index contributed by atoms with van der Waals surface area (Å²) in [6, 6.07) is 12.7. The molecule has 7 heteroatoms. The third-order valence-electron chi connectivity index (χ3n) is 4.54. The van der Waals surface area contributed by atoms with Gasteiger partial charge in [-0.3, -0.25) is 14.5 Å². The minimum absolute atomic E-state index is 0.148. The number of carbonyl (C=O) groups is 2. The molecule has 132 valence electrons. The number of methoxy groups -OCH3 is 1. The van der Waals surface area contributed by atoms with Crippen LogP contribution in [0, 0.1) is 11.7 Å².